The fourth-order valence-electron chi connectivity index (χ4n) is 3.59. The summed E-state index contributed by atoms with van der Waals surface area (Å²) in [5, 5.41) is 0. The first-order valence-corrected chi connectivity index (χ1v) is 6.95. The highest BCUT2D eigenvalue weighted by atomic mass is 16.1. The Morgan fingerprint density at radius 2 is 1.88 bits per heavy atom. The Morgan fingerprint density at radius 1 is 1.12 bits per heavy atom. The number of fused-ring (bicyclic) bond motifs is 1. The average molecular weight is 231 g/mol. The zero-order valence-corrected chi connectivity index (χ0v) is 10.7. The molecule has 0 aromatic carbocycles. The third-order valence-electron chi connectivity index (χ3n) is 4.62. The summed E-state index contributed by atoms with van der Waals surface area (Å²) in [5.74, 6) is 0.351. The van der Waals surface area contributed by atoms with Crippen LogP contribution in [0.25, 0.3) is 0 Å². The van der Waals surface area contributed by atoms with Gasteiger partial charge in [-0.25, -0.2) is 0 Å². The van der Waals surface area contributed by atoms with Gasteiger partial charge in [-0.15, -0.1) is 0 Å². The van der Waals surface area contributed by atoms with Gasteiger partial charge in [-0.3, -0.25) is 4.79 Å². The fraction of sp³-hybridized carbons (Fsp3) is 0.667. The topological polar surface area (TPSA) is 22.0 Å². The quantitative estimate of drug-likeness (QED) is 0.722. The molecule has 1 fully saturated rings. The molecule has 17 heavy (non-hydrogen) atoms. The molecule has 1 aromatic rings. The van der Waals surface area contributed by atoms with Gasteiger partial charge in [-0.2, -0.15) is 0 Å². The lowest BCUT2D eigenvalue weighted by atomic mass is 9.82. The summed E-state index contributed by atoms with van der Waals surface area (Å²) in [4.78, 5) is 11.9. The number of aromatic nitrogens is 1. The van der Waals surface area contributed by atoms with Crippen LogP contribution in [0.1, 0.15) is 67.9 Å². The molecular formula is C15H21NO. The molecule has 0 aliphatic heterocycles. The molecule has 0 amide bonds. The molecule has 1 heterocycles. The van der Waals surface area contributed by atoms with Crippen LogP contribution in [0, 0.1) is 0 Å². The molecule has 3 rings (SSSR count). The highest BCUT2D eigenvalue weighted by Crippen LogP contribution is 2.37. The molecule has 0 atom stereocenters. The second-order valence-corrected chi connectivity index (χ2v) is 5.88. The van der Waals surface area contributed by atoms with Gasteiger partial charge in [0.05, 0.1) is 0 Å². The first-order chi connectivity index (χ1) is 8.21. The van der Waals surface area contributed by atoms with Crippen LogP contribution in [0.4, 0.5) is 0 Å². The SMILES string of the molecule is CC1(n2ccc3c2CCCC3=O)CCCCC1. The molecule has 2 nitrogen and oxygen atoms in total. The number of carbonyl (C=O) groups is 1. The maximum Gasteiger partial charge on any atom is 0.164 e. The second kappa shape index (κ2) is 4.01. The summed E-state index contributed by atoms with van der Waals surface area (Å²) in [6, 6.07) is 2.05. The Morgan fingerprint density at radius 3 is 2.65 bits per heavy atom. The van der Waals surface area contributed by atoms with Gasteiger partial charge in [-0.05, 0) is 38.7 Å². The third-order valence-corrected chi connectivity index (χ3v) is 4.62. The van der Waals surface area contributed by atoms with E-state index in [1.807, 2.05) is 0 Å². The van der Waals surface area contributed by atoms with Gasteiger partial charge < -0.3 is 4.57 Å². The predicted octanol–water partition coefficient (Wildman–Crippen LogP) is 3.69. The molecule has 2 aliphatic rings. The molecule has 0 unspecified atom stereocenters. The van der Waals surface area contributed by atoms with E-state index in [0.29, 0.717) is 5.78 Å². The van der Waals surface area contributed by atoms with Crippen molar-refractivity contribution in [1.82, 2.24) is 4.57 Å². The van der Waals surface area contributed by atoms with Crippen molar-refractivity contribution >= 4 is 5.78 Å². The molecule has 0 bridgehead atoms. The summed E-state index contributed by atoms with van der Waals surface area (Å²) in [6.07, 6.45) is 11.6. The zero-order valence-electron chi connectivity index (χ0n) is 10.7. The van der Waals surface area contributed by atoms with Gasteiger partial charge in [0.25, 0.3) is 0 Å². The first-order valence-electron chi connectivity index (χ1n) is 6.95. The van der Waals surface area contributed by atoms with E-state index >= 15 is 0 Å². The monoisotopic (exact) mass is 231 g/mol. The molecule has 1 saturated carbocycles. The number of rotatable bonds is 1. The van der Waals surface area contributed by atoms with E-state index in [0.717, 1.165) is 24.8 Å². The third kappa shape index (κ3) is 1.74. The number of carbonyl (C=O) groups excluding carboxylic acids is 1. The Labute approximate surface area is 103 Å². The van der Waals surface area contributed by atoms with Gasteiger partial charge in [-0.1, -0.05) is 19.3 Å². The molecule has 0 radical (unpaired) electrons. The molecular weight excluding hydrogens is 210 g/mol. The number of nitrogens with zero attached hydrogens (tertiary/aromatic N) is 1. The van der Waals surface area contributed by atoms with E-state index in [1.54, 1.807) is 0 Å². The van der Waals surface area contributed by atoms with E-state index in [1.165, 1.54) is 37.8 Å². The number of ketones is 1. The molecule has 0 spiro atoms. The molecule has 2 aliphatic carbocycles. The van der Waals surface area contributed by atoms with Crippen molar-refractivity contribution in [1.29, 1.82) is 0 Å². The fourth-order valence-corrected chi connectivity index (χ4v) is 3.59. The average Bonchev–Trinajstić information content (AvgIpc) is 2.76. The van der Waals surface area contributed by atoms with Crippen molar-refractivity contribution in [2.75, 3.05) is 0 Å². The van der Waals surface area contributed by atoms with Crippen LogP contribution in [-0.4, -0.2) is 10.4 Å². The highest BCUT2D eigenvalue weighted by molar-refractivity contribution is 5.98. The van der Waals surface area contributed by atoms with Crippen LogP contribution in [0.15, 0.2) is 12.3 Å². The van der Waals surface area contributed by atoms with Crippen LogP contribution in [0.3, 0.4) is 0 Å². The van der Waals surface area contributed by atoms with Crippen molar-refractivity contribution in [2.45, 2.75) is 63.8 Å². The van der Waals surface area contributed by atoms with E-state index in [2.05, 4.69) is 23.8 Å². The molecule has 2 heteroatoms. The van der Waals surface area contributed by atoms with E-state index in [9.17, 15) is 4.79 Å². The summed E-state index contributed by atoms with van der Waals surface area (Å²) in [6.45, 7) is 2.37. The number of hydrogen-bond acceptors (Lipinski definition) is 1. The molecule has 1 aromatic heterocycles. The van der Waals surface area contributed by atoms with Crippen molar-refractivity contribution < 1.29 is 4.79 Å². The van der Waals surface area contributed by atoms with Crippen LogP contribution in [0.2, 0.25) is 0 Å². The first kappa shape index (κ1) is 11.1. The lowest BCUT2D eigenvalue weighted by molar-refractivity contribution is 0.0970. The Bertz CT molecular complexity index is 438. The lowest BCUT2D eigenvalue weighted by Gasteiger charge is -2.37. The Balaban J connectivity index is 2.00. The summed E-state index contributed by atoms with van der Waals surface area (Å²) >= 11 is 0. The summed E-state index contributed by atoms with van der Waals surface area (Å²) in [5.41, 5.74) is 2.58. The minimum Gasteiger partial charge on any atom is -0.345 e. The maximum absolute atomic E-state index is 11.9. The van der Waals surface area contributed by atoms with Gasteiger partial charge in [0.15, 0.2) is 5.78 Å². The number of Topliss-reactive ketones (excluding diaryl/α,β-unsaturated/α-hetero) is 1. The largest absolute Gasteiger partial charge is 0.345 e. The minimum absolute atomic E-state index is 0.267. The van der Waals surface area contributed by atoms with Crippen molar-refractivity contribution in [3.63, 3.8) is 0 Å². The normalized spacial score (nSPS) is 23.5. The van der Waals surface area contributed by atoms with Crippen molar-refractivity contribution in [2.24, 2.45) is 0 Å². The van der Waals surface area contributed by atoms with Gasteiger partial charge in [0.1, 0.15) is 0 Å². The Hall–Kier alpha value is -1.05. The van der Waals surface area contributed by atoms with Gasteiger partial charge >= 0.3 is 0 Å². The summed E-state index contributed by atoms with van der Waals surface area (Å²) < 4.78 is 2.43. The van der Waals surface area contributed by atoms with E-state index in [-0.39, 0.29) is 5.54 Å². The van der Waals surface area contributed by atoms with Crippen LogP contribution in [0.5, 0.6) is 0 Å². The van der Waals surface area contributed by atoms with Crippen molar-refractivity contribution in [3.8, 4) is 0 Å². The minimum atomic E-state index is 0.267. The second-order valence-electron chi connectivity index (χ2n) is 5.88. The van der Waals surface area contributed by atoms with Crippen LogP contribution in [-0.2, 0) is 12.0 Å². The molecule has 0 saturated heterocycles. The van der Waals surface area contributed by atoms with Crippen LogP contribution < -0.4 is 0 Å². The van der Waals surface area contributed by atoms with Gasteiger partial charge in [0, 0.05) is 29.4 Å². The van der Waals surface area contributed by atoms with Crippen LogP contribution >= 0.6 is 0 Å². The predicted molar refractivity (Wildman–Crippen MR) is 68.4 cm³/mol. The molecule has 92 valence electrons. The molecule has 0 N–H and O–H groups in total. The van der Waals surface area contributed by atoms with E-state index in [4.69, 9.17) is 0 Å². The summed E-state index contributed by atoms with van der Waals surface area (Å²) in [7, 11) is 0. The maximum atomic E-state index is 11.9. The Kier molecular flexibility index (Phi) is 2.61. The highest BCUT2D eigenvalue weighted by Gasteiger charge is 2.32. The number of hydrogen-bond donors (Lipinski definition) is 0. The smallest absolute Gasteiger partial charge is 0.164 e. The standard InChI is InChI=1S/C15H21NO/c1-15(9-3-2-4-10-15)16-11-8-12-13(16)6-5-7-14(12)17/h8,11H,2-7,9-10H2,1H3. The lowest BCUT2D eigenvalue weighted by Crippen LogP contribution is -2.34. The zero-order chi connectivity index (χ0) is 11.9. The van der Waals surface area contributed by atoms with Gasteiger partial charge in [0.2, 0.25) is 0 Å². The van der Waals surface area contributed by atoms with E-state index < -0.39 is 0 Å². The van der Waals surface area contributed by atoms with Crippen molar-refractivity contribution in [3.05, 3.63) is 23.5 Å².